The first-order valence-electron chi connectivity index (χ1n) is 7.06. The van der Waals surface area contributed by atoms with Gasteiger partial charge in [0.05, 0.1) is 0 Å². The monoisotopic (exact) mass is 295 g/mol. The summed E-state index contributed by atoms with van der Waals surface area (Å²) in [5.74, 6) is 0.0575. The van der Waals surface area contributed by atoms with E-state index in [1.54, 1.807) is 6.92 Å². The van der Waals surface area contributed by atoms with E-state index in [1.807, 2.05) is 19.2 Å². The lowest BCUT2D eigenvalue weighted by molar-refractivity contribution is -0.119. The molecule has 20 heavy (non-hydrogen) atoms. The smallest absolute Gasteiger partial charge is 0.217 e. The van der Waals surface area contributed by atoms with Gasteiger partial charge in [-0.15, -0.1) is 0 Å². The quantitative estimate of drug-likeness (QED) is 0.895. The maximum absolute atomic E-state index is 11.1. The summed E-state index contributed by atoms with van der Waals surface area (Å²) in [6.45, 7) is 4.24. The van der Waals surface area contributed by atoms with Crippen LogP contribution in [0.5, 0.6) is 0 Å². The van der Waals surface area contributed by atoms with Crippen molar-refractivity contribution in [3.8, 4) is 0 Å². The Morgan fingerprint density at radius 2 is 2.10 bits per heavy atom. The van der Waals surface area contributed by atoms with Gasteiger partial charge in [0.15, 0.2) is 0 Å². The molecule has 1 aliphatic heterocycles. The molecule has 0 aromatic heterocycles. The Balaban J connectivity index is 2.07. The summed E-state index contributed by atoms with van der Waals surface area (Å²) in [5.41, 5.74) is 2.35. The predicted molar refractivity (Wildman–Crippen MR) is 83.3 cm³/mol. The molecule has 4 nitrogen and oxygen atoms in total. The molecule has 1 aromatic carbocycles. The molecule has 0 atom stereocenters. The van der Waals surface area contributed by atoms with Crippen molar-refractivity contribution in [2.75, 3.05) is 25.0 Å². The second-order valence-electron chi connectivity index (χ2n) is 5.23. The van der Waals surface area contributed by atoms with Gasteiger partial charge < -0.3 is 15.5 Å². The third-order valence-corrected chi connectivity index (χ3v) is 4.04. The summed E-state index contributed by atoms with van der Waals surface area (Å²) >= 11 is 6.30. The molecule has 0 radical (unpaired) electrons. The van der Waals surface area contributed by atoms with E-state index in [9.17, 15) is 4.79 Å². The first-order valence-corrected chi connectivity index (χ1v) is 7.43. The third-order valence-electron chi connectivity index (χ3n) is 3.69. The number of nitrogens with one attached hydrogen (secondary N) is 2. The van der Waals surface area contributed by atoms with Crippen LogP contribution in [-0.4, -0.2) is 32.1 Å². The Hall–Kier alpha value is -1.26. The molecule has 1 aromatic rings. The molecular formula is C15H22ClN3O. The summed E-state index contributed by atoms with van der Waals surface area (Å²) in [5, 5.41) is 6.98. The molecule has 110 valence electrons. The van der Waals surface area contributed by atoms with Crippen molar-refractivity contribution in [2.24, 2.45) is 0 Å². The average Bonchev–Trinajstić information content (AvgIpc) is 2.42. The van der Waals surface area contributed by atoms with Crippen molar-refractivity contribution in [1.82, 2.24) is 10.6 Å². The molecule has 0 unspecified atom stereocenters. The minimum absolute atomic E-state index is 0.0575. The van der Waals surface area contributed by atoms with Crippen LogP contribution in [0.1, 0.15) is 25.3 Å². The van der Waals surface area contributed by atoms with Gasteiger partial charge in [-0.25, -0.2) is 0 Å². The SMILES string of the molecule is CNCc1c(Cl)cccc1N1CCC(NC(C)=O)CC1. The molecule has 2 N–H and O–H groups in total. The van der Waals surface area contributed by atoms with E-state index in [1.165, 1.54) is 5.69 Å². The number of piperidine rings is 1. The fourth-order valence-corrected chi connectivity index (χ4v) is 2.98. The van der Waals surface area contributed by atoms with Crippen molar-refractivity contribution >= 4 is 23.2 Å². The van der Waals surface area contributed by atoms with E-state index in [2.05, 4.69) is 21.6 Å². The van der Waals surface area contributed by atoms with Crippen LogP contribution in [-0.2, 0) is 11.3 Å². The van der Waals surface area contributed by atoms with Gasteiger partial charge in [-0.3, -0.25) is 4.79 Å². The molecule has 0 saturated carbocycles. The Morgan fingerprint density at radius 3 is 2.70 bits per heavy atom. The number of carbonyl (C=O) groups excluding carboxylic acids is 1. The number of carbonyl (C=O) groups is 1. The Kier molecular flexibility index (Phi) is 5.26. The summed E-state index contributed by atoms with van der Waals surface area (Å²) in [6.07, 6.45) is 1.95. The molecule has 1 heterocycles. The minimum Gasteiger partial charge on any atom is -0.371 e. The highest BCUT2D eigenvalue weighted by Crippen LogP contribution is 2.29. The Bertz CT molecular complexity index is 470. The first kappa shape index (κ1) is 15.1. The van der Waals surface area contributed by atoms with Crippen molar-refractivity contribution in [3.63, 3.8) is 0 Å². The average molecular weight is 296 g/mol. The van der Waals surface area contributed by atoms with Gasteiger partial charge in [0.2, 0.25) is 5.91 Å². The molecule has 1 aliphatic rings. The van der Waals surface area contributed by atoms with Crippen molar-refractivity contribution in [1.29, 1.82) is 0 Å². The van der Waals surface area contributed by atoms with Crippen LogP contribution in [0.4, 0.5) is 5.69 Å². The third kappa shape index (κ3) is 3.64. The van der Waals surface area contributed by atoms with Gasteiger partial charge in [-0.05, 0) is 32.0 Å². The zero-order valence-electron chi connectivity index (χ0n) is 12.1. The lowest BCUT2D eigenvalue weighted by Crippen LogP contribution is -2.44. The molecule has 1 amide bonds. The van der Waals surface area contributed by atoms with Crippen molar-refractivity contribution in [3.05, 3.63) is 28.8 Å². The van der Waals surface area contributed by atoms with E-state index in [0.717, 1.165) is 43.1 Å². The van der Waals surface area contributed by atoms with E-state index < -0.39 is 0 Å². The maximum Gasteiger partial charge on any atom is 0.217 e. The number of nitrogens with zero attached hydrogens (tertiary/aromatic N) is 1. The number of anilines is 1. The molecule has 1 fully saturated rings. The van der Waals surface area contributed by atoms with Gasteiger partial charge in [0.1, 0.15) is 0 Å². The van der Waals surface area contributed by atoms with E-state index >= 15 is 0 Å². The van der Waals surface area contributed by atoms with Gasteiger partial charge >= 0.3 is 0 Å². The maximum atomic E-state index is 11.1. The molecule has 0 spiro atoms. The zero-order valence-corrected chi connectivity index (χ0v) is 12.8. The Morgan fingerprint density at radius 1 is 1.40 bits per heavy atom. The van der Waals surface area contributed by atoms with Gasteiger partial charge in [-0.1, -0.05) is 17.7 Å². The molecule has 0 bridgehead atoms. The normalized spacial score (nSPS) is 16.2. The van der Waals surface area contributed by atoms with Crippen LogP contribution in [0, 0.1) is 0 Å². The van der Waals surface area contributed by atoms with E-state index in [0.29, 0.717) is 6.04 Å². The number of halogens is 1. The van der Waals surface area contributed by atoms with Crippen LogP contribution in [0.3, 0.4) is 0 Å². The molecule has 0 aliphatic carbocycles. The van der Waals surface area contributed by atoms with Crippen molar-refractivity contribution in [2.45, 2.75) is 32.4 Å². The van der Waals surface area contributed by atoms with Crippen molar-refractivity contribution < 1.29 is 4.79 Å². The second kappa shape index (κ2) is 6.95. The highest BCUT2D eigenvalue weighted by Gasteiger charge is 2.21. The summed E-state index contributed by atoms with van der Waals surface area (Å²) < 4.78 is 0. The fourth-order valence-electron chi connectivity index (χ4n) is 2.75. The number of hydrogen-bond donors (Lipinski definition) is 2. The lowest BCUT2D eigenvalue weighted by Gasteiger charge is -2.35. The van der Waals surface area contributed by atoms with Crippen LogP contribution >= 0.6 is 11.6 Å². The summed E-state index contributed by atoms with van der Waals surface area (Å²) in [6, 6.07) is 6.35. The lowest BCUT2D eigenvalue weighted by atomic mass is 10.0. The Labute approximate surface area is 125 Å². The van der Waals surface area contributed by atoms with Crippen LogP contribution in [0.15, 0.2) is 18.2 Å². The zero-order chi connectivity index (χ0) is 14.5. The second-order valence-corrected chi connectivity index (χ2v) is 5.64. The molecule has 2 rings (SSSR count). The number of benzene rings is 1. The highest BCUT2D eigenvalue weighted by atomic mass is 35.5. The molecule has 1 saturated heterocycles. The van der Waals surface area contributed by atoms with E-state index in [4.69, 9.17) is 11.6 Å². The summed E-state index contributed by atoms with van der Waals surface area (Å²) in [4.78, 5) is 13.5. The standard InChI is InChI=1S/C15H22ClN3O/c1-11(20)18-12-6-8-19(9-7-12)15-5-3-4-14(16)13(15)10-17-2/h3-5,12,17H,6-10H2,1-2H3,(H,18,20). The highest BCUT2D eigenvalue weighted by molar-refractivity contribution is 6.31. The van der Waals surface area contributed by atoms with Crippen LogP contribution in [0.2, 0.25) is 5.02 Å². The molecular weight excluding hydrogens is 274 g/mol. The number of hydrogen-bond acceptors (Lipinski definition) is 3. The van der Waals surface area contributed by atoms with E-state index in [-0.39, 0.29) is 5.91 Å². The van der Waals surface area contributed by atoms with Crippen LogP contribution < -0.4 is 15.5 Å². The fraction of sp³-hybridized carbons (Fsp3) is 0.533. The van der Waals surface area contributed by atoms with Gasteiger partial charge in [-0.2, -0.15) is 0 Å². The van der Waals surface area contributed by atoms with Gasteiger partial charge in [0, 0.05) is 48.9 Å². The number of rotatable bonds is 4. The first-order chi connectivity index (χ1) is 9.61. The predicted octanol–water partition coefficient (Wildman–Crippen LogP) is 2.16. The van der Waals surface area contributed by atoms with Crippen LogP contribution in [0.25, 0.3) is 0 Å². The topological polar surface area (TPSA) is 44.4 Å². The molecule has 5 heteroatoms. The van der Waals surface area contributed by atoms with Gasteiger partial charge in [0.25, 0.3) is 0 Å². The number of amides is 1. The summed E-state index contributed by atoms with van der Waals surface area (Å²) in [7, 11) is 1.93. The largest absolute Gasteiger partial charge is 0.371 e. The minimum atomic E-state index is 0.0575.